The quantitative estimate of drug-likeness (QED) is 0.832. The molecule has 0 aromatic carbocycles. The topological polar surface area (TPSA) is 16.1 Å². The Kier molecular flexibility index (Phi) is 5.52. The lowest BCUT2D eigenvalue weighted by atomic mass is 10.0. The minimum atomic E-state index is 0.758. The van der Waals surface area contributed by atoms with Crippen molar-refractivity contribution >= 4 is 24.0 Å². The molecule has 0 bridgehead atoms. The summed E-state index contributed by atoms with van der Waals surface area (Å²) in [6.45, 7) is 6.98. The van der Waals surface area contributed by atoms with Gasteiger partial charge >= 0.3 is 0 Å². The Morgan fingerprint density at radius 3 is 2.89 bits per heavy atom. The molecule has 1 aromatic heterocycles. The van der Waals surface area contributed by atoms with Crippen LogP contribution in [-0.2, 0) is 18.6 Å². The molecule has 0 saturated carbocycles. The van der Waals surface area contributed by atoms with Crippen LogP contribution in [0.15, 0.2) is 0 Å². The number of nitrogens with zero attached hydrogens (tertiary/aromatic N) is 2. The van der Waals surface area contributed by atoms with Crippen LogP contribution in [0, 0.1) is 0 Å². The smallest absolute Gasteiger partial charge is 0.0944 e. The van der Waals surface area contributed by atoms with Gasteiger partial charge in [-0.25, -0.2) is 4.98 Å². The molecule has 4 heteroatoms. The van der Waals surface area contributed by atoms with E-state index in [2.05, 4.69) is 31.4 Å². The van der Waals surface area contributed by atoms with Gasteiger partial charge in [-0.3, -0.25) is 0 Å². The van der Waals surface area contributed by atoms with Gasteiger partial charge < -0.3 is 4.90 Å². The molecule has 2 heterocycles. The Morgan fingerprint density at radius 2 is 2.28 bits per heavy atom. The van der Waals surface area contributed by atoms with E-state index in [9.17, 15) is 0 Å². The summed E-state index contributed by atoms with van der Waals surface area (Å²) >= 11 is 6.25. The predicted octanol–water partition coefficient (Wildman–Crippen LogP) is 3.55. The second kappa shape index (κ2) is 6.92. The summed E-state index contributed by atoms with van der Waals surface area (Å²) in [6.07, 6.45) is 6.27. The molecule has 1 aromatic rings. The summed E-state index contributed by atoms with van der Waals surface area (Å²) in [5.74, 6) is 0.834. The van der Waals surface area contributed by atoms with E-state index in [0.29, 0.717) is 0 Å². The Bertz CT molecular complexity index is 354. The summed E-state index contributed by atoms with van der Waals surface area (Å²) < 4.78 is 0. The Hall–Kier alpha value is -0.0600. The van der Waals surface area contributed by atoms with Crippen LogP contribution in [0.1, 0.15) is 48.7 Å². The first-order valence-electron chi connectivity index (χ1n) is 7.07. The van der Waals surface area contributed by atoms with Crippen molar-refractivity contribution in [1.82, 2.24) is 9.88 Å². The van der Waals surface area contributed by atoms with E-state index in [1.807, 2.05) is 11.3 Å². The molecule has 0 aliphatic carbocycles. The van der Waals surface area contributed by atoms with Gasteiger partial charge in [0, 0.05) is 29.6 Å². The number of thiazole rings is 1. The standard InChI is InChI=1S/C14H24N2S2/c1-3-12-13(10-17)18-14(15-12)7-9-16-8-5-4-6-11(16)2/h11,17H,3-10H2,1-2H3. The average Bonchev–Trinajstić information content (AvgIpc) is 2.80. The molecule has 1 unspecified atom stereocenters. The van der Waals surface area contributed by atoms with E-state index in [0.717, 1.165) is 24.6 Å². The van der Waals surface area contributed by atoms with Crippen LogP contribution >= 0.6 is 24.0 Å². The molecule has 0 spiro atoms. The van der Waals surface area contributed by atoms with Gasteiger partial charge in [0.2, 0.25) is 0 Å². The number of hydrogen-bond donors (Lipinski definition) is 1. The third-order valence-corrected chi connectivity index (χ3v) is 5.54. The van der Waals surface area contributed by atoms with Gasteiger partial charge in [-0.1, -0.05) is 13.3 Å². The van der Waals surface area contributed by atoms with Crippen molar-refractivity contribution in [1.29, 1.82) is 0 Å². The highest BCUT2D eigenvalue weighted by Gasteiger charge is 2.18. The molecule has 1 fully saturated rings. The zero-order valence-corrected chi connectivity index (χ0v) is 13.2. The number of aromatic nitrogens is 1. The first kappa shape index (κ1) is 14.4. The molecule has 0 radical (unpaired) electrons. The SMILES string of the molecule is CCc1nc(CCN2CCCCC2C)sc1CS. The Morgan fingerprint density at radius 1 is 1.44 bits per heavy atom. The maximum absolute atomic E-state index is 4.75. The molecular weight excluding hydrogens is 260 g/mol. The van der Waals surface area contributed by atoms with Crippen molar-refractivity contribution in [3.05, 3.63) is 15.6 Å². The van der Waals surface area contributed by atoms with E-state index >= 15 is 0 Å². The molecule has 2 rings (SSSR count). The fourth-order valence-corrected chi connectivity index (χ4v) is 4.05. The van der Waals surface area contributed by atoms with Crippen LogP contribution in [0.2, 0.25) is 0 Å². The van der Waals surface area contributed by atoms with E-state index < -0.39 is 0 Å². The third-order valence-electron chi connectivity index (χ3n) is 3.85. The highest BCUT2D eigenvalue weighted by atomic mass is 32.1. The lowest BCUT2D eigenvalue weighted by Crippen LogP contribution is -2.38. The van der Waals surface area contributed by atoms with Crippen molar-refractivity contribution in [2.45, 2.75) is 57.7 Å². The second-order valence-corrected chi connectivity index (χ2v) is 6.60. The largest absolute Gasteiger partial charge is 0.300 e. The van der Waals surface area contributed by atoms with Crippen molar-refractivity contribution in [2.24, 2.45) is 0 Å². The summed E-state index contributed by atoms with van der Waals surface area (Å²) in [7, 11) is 0. The number of aryl methyl sites for hydroxylation is 1. The normalized spacial score (nSPS) is 21.4. The maximum Gasteiger partial charge on any atom is 0.0944 e. The molecule has 1 aliphatic heterocycles. The first-order valence-corrected chi connectivity index (χ1v) is 8.51. The van der Waals surface area contributed by atoms with E-state index in [4.69, 9.17) is 4.98 Å². The van der Waals surface area contributed by atoms with E-state index in [1.54, 1.807) is 0 Å². The van der Waals surface area contributed by atoms with Crippen LogP contribution in [0.4, 0.5) is 0 Å². The maximum atomic E-state index is 4.75. The summed E-state index contributed by atoms with van der Waals surface area (Å²) in [5.41, 5.74) is 1.26. The number of rotatable bonds is 5. The van der Waals surface area contributed by atoms with Gasteiger partial charge in [-0.05, 0) is 32.7 Å². The number of likely N-dealkylation sites (tertiary alicyclic amines) is 1. The first-order chi connectivity index (χ1) is 8.74. The lowest BCUT2D eigenvalue weighted by molar-refractivity contribution is 0.163. The number of hydrogen-bond acceptors (Lipinski definition) is 4. The number of thiol groups is 1. The van der Waals surface area contributed by atoms with E-state index in [-0.39, 0.29) is 0 Å². The number of piperidine rings is 1. The van der Waals surface area contributed by atoms with Crippen molar-refractivity contribution in [3.63, 3.8) is 0 Å². The highest BCUT2D eigenvalue weighted by molar-refractivity contribution is 7.79. The second-order valence-electron chi connectivity index (χ2n) is 5.12. The van der Waals surface area contributed by atoms with Crippen LogP contribution in [0.25, 0.3) is 0 Å². The molecular formula is C14H24N2S2. The van der Waals surface area contributed by atoms with Crippen LogP contribution in [0.5, 0.6) is 0 Å². The fourth-order valence-electron chi connectivity index (χ4n) is 2.67. The molecule has 1 atom stereocenters. The van der Waals surface area contributed by atoms with Gasteiger partial charge in [0.05, 0.1) is 10.7 Å². The summed E-state index contributed by atoms with van der Waals surface area (Å²) in [6, 6.07) is 0.758. The van der Waals surface area contributed by atoms with Crippen molar-refractivity contribution in [3.8, 4) is 0 Å². The van der Waals surface area contributed by atoms with E-state index in [1.165, 1.54) is 47.9 Å². The Labute approximate surface area is 120 Å². The average molecular weight is 284 g/mol. The summed E-state index contributed by atoms with van der Waals surface area (Å²) in [5, 5.41) is 1.30. The molecule has 0 N–H and O–H groups in total. The highest BCUT2D eigenvalue weighted by Crippen LogP contribution is 2.23. The molecule has 2 nitrogen and oxygen atoms in total. The van der Waals surface area contributed by atoms with Crippen molar-refractivity contribution in [2.75, 3.05) is 13.1 Å². The molecule has 0 amide bonds. The molecule has 102 valence electrons. The minimum absolute atomic E-state index is 0.758. The lowest BCUT2D eigenvalue weighted by Gasteiger charge is -2.33. The molecule has 18 heavy (non-hydrogen) atoms. The monoisotopic (exact) mass is 284 g/mol. The van der Waals surface area contributed by atoms with Crippen LogP contribution in [-0.4, -0.2) is 29.0 Å². The van der Waals surface area contributed by atoms with Gasteiger partial charge in [-0.15, -0.1) is 11.3 Å². The summed E-state index contributed by atoms with van der Waals surface area (Å²) in [4.78, 5) is 8.74. The van der Waals surface area contributed by atoms with Gasteiger partial charge in [0.25, 0.3) is 0 Å². The van der Waals surface area contributed by atoms with Gasteiger partial charge in [-0.2, -0.15) is 12.6 Å². The zero-order valence-electron chi connectivity index (χ0n) is 11.5. The molecule has 1 aliphatic rings. The van der Waals surface area contributed by atoms with Crippen molar-refractivity contribution < 1.29 is 0 Å². The third kappa shape index (κ3) is 3.49. The van der Waals surface area contributed by atoms with Crippen LogP contribution < -0.4 is 0 Å². The zero-order chi connectivity index (χ0) is 13.0. The molecule has 1 saturated heterocycles. The predicted molar refractivity (Wildman–Crippen MR) is 82.8 cm³/mol. The minimum Gasteiger partial charge on any atom is -0.300 e. The van der Waals surface area contributed by atoms with Gasteiger partial charge in [0.1, 0.15) is 0 Å². The van der Waals surface area contributed by atoms with Gasteiger partial charge in [0.15, 0.2) is 0 Å². The Balaban J connectivity index is 1.91. The van der Waals surface area contributed by atoms with Crippen LogP contribution in [0.3, 0.4) is 0 Å². The fraction of sp³-hybridized carbons (Fsp3) is 0.786.